The fraction of sp³-hybridized carbons (Fsp3) is 0.0455. The molecule has 0 amide bonds. The van der Waals surface area contributed by atoms with Crippen molar-refractivity contribution in [2.24, 2.45) is 0 Å². The third-order valence-corrected chi connectivity index (χ3v) is 4.70. The lowest BCUT2D eigenvalue weighted by molar-refractivity contribution is 0.510. The molecule has 0 saturated carbocycles. The molecule has 6 nitrogen and oxygen atoms in total. The molecule has 0 atom stereocenters. The van der Waals surface area contributed by atoms with E-state index in [0.29, 0.717) is 17.9 Å². The Labute approximate surface area is 170 Å². The number of halogens is 2. The van der Waals surface area contributed by atoms with Gasteiger partial charge in [-0.1, -0.05) is 30.3 Å². The smallest absolute Gasteiger partial charge is 0.169 e. The highest BCUT2D eigenvalue weighted by Crippen LogP contribution is 2.27. The van der Waals surface area contributed by atoms with Gasteiger partial charge in [-0.05, 0) is 23.3 Å². The maximum Gasteiger partial charge on any atom is 0.169 e. The monoisotopic (exact) mass is 400 g/mol. The first-order valence-electron chi connectivity index (χ1n) is 9.16. The summed E-state index contributed by atoms with van der Waals surface area (Å²) in [6.45, 7) is 0.526. The minimum atomic E-state index is -0.961. The molecule has 3 heterocycles. The molecule has 5 rings (SSSR count). The van der Waals surface area contributed by atoms with E-state index in [-0.39, 0.29) is 11.4 Å². The lowest BCUT2D eigenvalue weighted by Gasteiger charge is -2.07. The molecule has 0 fully saturated rings. The number of fused-ring (bicyclic) bond motifs is 1. The molecular weight excluding hydrogens is 386 g/mol. The van der Waals surface area contributed by atoms with Gasteiger partial charge in [0.25, 0.3) is 0 Å². The number of nitrogens with zero attached hydrogens (tertiary/aromatic N) is 6. The second-order valence-corrected chi connectivity index (χ2v) is 6.71. The summed E-state index contributed by atoms with van der Waals surface area (Å²) in [5, 5.41) is 4.36. The third-order valence-electron chi connectivity index (χ3n) is 4.70. The number of hydrogen-bond donors (Lipinski definition) is 0. The zero-order valence-corrected chi connectivity index (χ0v) is 15.6. The van der Waals surface area contributed by atoms with E-state index in [1.807, 2.05) is 24.3 Å². The van der Waals surface area contributed by atoms with Crippen LogP contribution in [0.5, 0.6) is 0 Å². The standard InChI is InChI=1S/C22H14F2N6/c23-18-3-1-2-17(21(18)24)22-28-19-10-27-30(12-20(19)29-22)11-14-4-6-15(7-5-14)16-8-25-13-26-9-16/h1-10,12-13H,11H2. The average molecular weight is 400 g/mol. The summed E-state index contributed by atoms with van der Waals surface area (Å²) in [6.07, 6.45) is 8.33. The number of rotatable bonds is 4. The van der Waals surface area contributed by atoms with Crippen LogP contribution in [-0.2, 0) is 6.54 Å². The van der Waals surface area contributed by atoms with Gasteiger partial charge in [-0.15, -0.1) is 0 Å². The van der Waals surface area contributed by atoms with Crippen LogP contribution in [0, 0.1) is 11.6 Å². The molecule has 2 aliphatic heterocycles. The van der Waals surface area contributed by atoms with Crippen LogP contribution < -0.4 is 0 Å². The van der Waals surface area contributed by atoms with Crippen molar-refractivity contribution < 1.29 is 8.78 Å². The Balaban J connectivity index is 1.41. The second kappa shape index (κ2) is 7.40. The highest BCUT2D eigenvalue weighted by atomic mass is 19.2. The van der Waals surface area contributed by atoms with E-state index < -0.39 is 11.6 Å². The topological polar surface area (TPSA) is 69.4 Å². The molecule has 1 aromatic heterocycles. The van der Waals surface area contributed by atoms with Gasteiger partial charge in [-0.3, -0.25) is 4.68 Å². The van der Waals surface area contributed by atoms with Gasteiger partial charge in [0.2, 0.25) is 0 Å². The van der Waals surface area contributed by atoms with Crippen LogP contribution in [0.1, 0.15) is 5.56 Å². The fourth-order valence-corrected chi connectivity index (χ4v) is 3.18. The Kier molecular flexibility index (Phi) is 4.44. The van der Waals surface area contributed by atoms with Crippen molar-refractivity contribution in [2.45, 2.75) is 6.54 Å². The van der Waals surface area contributed by atoms with Crippen molar-refractivity contribution in [3.8, 4) is 33.9 Å². The van der Waals surface area contributed by atoms with Crippen molar-refractivity contribution in [3.05, 3.63) is 90.8 Å². The zero-order chi connectivity index (χ0) is 20.5. The number of hydrogen-bond acceptors (Lipinski definition) is 5. The minimum Gasteiger partial charge on any atom is -0.266 e. The molecule has 0 N–H and O–H groups in total. The summed E-state index contributed by atoms with van der Waals surface area (Å²) in [5.41, 5.74) is 4.12. The lowest BCUT2D eigenvalue weighted by Crippen LogP contribution is -2.05. The van der Waals surface area contributed by atoms with Crippen LogP contribution in [0.25, 0.3) is 33.9 Å². The quantitative estimate of drug-likeness (QED) is 0.452. The molecule has 2 aliphatic rings. The van der Waals surface area contributed by atoms with Crippen molar-refractivity contribution >= 4 is 0 Å². The number of imidazole rings is 1. The first kappa shape index (κ1) is 18.0. The van der Waals surface area contributed by atoms with Crippen molar-refractivity contribution in [1.82, 2.24) is 29.7 Å². The van der Waals surface area contributed by atoms with Crippen molar-refractivity contribution in [1.29, 1.82) is 0 Å². The summed E-state index contributed by atoms with van der Waals surface area (Å²) in [5.74, 6) is -1.76. The number of benzene rings is 2. The van der Waals surface area contributed by atoms with E-state index in [2.05, 4.69) is 25.0 Å². The van der Waals surface area contributed by atoms with Gasteiger partial charge in [-0.25, -0.2) is 28.7 Å². The molecule has 0 bridgehead atoms. The van der Waals surface area contributed by atoms with Crippen molar-refractivity contribution in [3.63, 3.8) is 0 Å². The largest absolute Gasteiger partial charge is 0.266 e. The third kappa shape index (κ3) is 3.39. The SMILES string of the molecule is Fc1cccc(-c2nc3cnn(Cc4ccc(-c5cncnc5)cc4)cc-3n2)c1F. The molecule has 8 heteroatoms. The van der Waals surface area contributed by atoms with Gasteiger partial charge in [-0.2, -0.15) is 5.10 Å². The minimum absolute atomic E-state index is 0.0261. The summed E-state index contributed by atoms with van der Waals surface area (Å²) < 4.78 is 29.3. The molecule has 2 aromatic carbocycles. The normalized spacial score (nSPS) is 11.1. The van der Waals surface area contributed by atoms with E-state index in [4.69, 9.17) is 0 Å². The maximum absolute atomic E-state index is 14.1. The predicted molar refractivity (Wildman–Crippen MR) is 106 cm³/mol. The Morgan fingerprint density at radius 1 is 0.800 bits per heavy atom. The summed E-state index contributed by atoms with van der Waals surface area (Å²) in [4.78, 5) is 16.7. The van der Waals surface area contributed by atoms with E-state index >= 15 is 0 Å². The summed E-state index contributed by atoms with van der Waals surface area (Å²) >= 11 is 0. The Bertz CT molecular complexity index is 1280. The molecule has 146 valence electrons. The van der Waals surface area contributed by atoms with Gasteiger partial charge in [0.15, 0.2) is 17.5 Å². The van der Waals surface area contributed by atoms with Crippen LogP contribution in [0.15, 0.2) is 73.6 Å². The van der Waals surface area contributed by atoms with Gasteiger partial charge in [0.1, 0.15) is 17.7 Å². The molecule has 30 heavy (non-hydrogen) atoms. The van der Waals surface area contributed by atoms with Gasteiger partial charge in [0, 0.05) is 18.0 Å². The van der Waals surface area contributed by atoms with E-state index in [9.17, 15) is 8.78 Å². The van der Waals surface area contributed by atoms with Crippen LogP contribution in [0.4, 0.5) is 8.78 Å². The molecule has 0 aliphatic carbocycles. The van der Waals surface area contributed by atoms with E-state index in [1.54, 1.807) is 29.5 Å². The van der Waals surface area contributed by atoms with Crippen LogP contribution >= 0.6 is 0 Å². The summed E-state index contributed by atoms with van der Waals surface area (Å²) in [6, 6.07) is 12.0. The van der Waals surface area contributed by atoms with Gasteiger partial charge < -0.3 is 0 Å². The molecule has 0 unspecified atom stereocenters. The van der Waals surface area contributed by atoms with Gasteiger partial charge >= 0.3 is 0 Å². The van der Waals surface area contributed by atoms with E-state index in [0.717, 1.165) is 22.8 Å². The molecule has 0 radical (unpaired) electrons. The summed E-state index contributed by atoms with van der Waals surface area (Å²) in [7, 11) is 0. The van der Waals surface area contributed by atoms with Crippen molar-refractivity contribution in [2.75, 3.05) is 0 Å². The fourth-order valence-electron chi connectivity index (χ4n) is 3.18. The number of aromatic nitrogens is 6. The molecular formula is C22H14F2N6. The maximum atomic E-state index is 14.1. The highest BCUT2D eigenvalue weighted by molar-refractivity contribution is 5.65. The Hall–Kier alpha value is -4.07. The van der Waals surface area contributed by atoms with E-state index in [1.165, 1.54) is 18.5 Å². The Morgan fingerprint density at radius 2 is 1.57 bits per heavy atom. The molecule has 0 spiro atoms. The second-order valence-electron chi connectivity index (χ2n) is 6.71. The lowest BCUT2D eigenvalue weighted by atomic mass is 10.1. The average Bonchev–Trinajstić information content (AvgIpc) is 3.20. The highest BCUT2D eigenvalue weighted by Gasteiger charge is 2.18. The van der Waals surface area contributed by atoms with Gasteiger partial charge in [0.05, 0.1) is 24.5 Å². The van der Waals surface area contributed by atoms with Crippen LogP contribution in [0.2, 0.25) is 0 Å². The predicted octanol–water partition coefficient (Wildman–Crippen LogP) is 4.23. The Morgan fingerprint density at radius 3 is 2.37 bits per heavy atom. The zero-order valence-electron chi connectivity index (χ0n) is 15.6. The molecule has 0 saturated heterocycles. The molecule has 3 aromatic rings. The first-order chi connectivity index (χ1) is 14.7. The first-order valence-corrected chi connectivity index (χ1v) is 9.16. The van der Waals surface area contributed by atoms with Crippen LogP contribution in [-0.4, -0.2) is 29.7 Å². The van der Waals surface area contributed by atoms with Crippen LogP contribution in [0.3, 0.4) is 0 Å².